The maximum Gasteiger partial charge on any atom is 0.327 e. The van der Waals surface area contributed by atoms with Crippen molar-refractivity contribution in [3.05, 3.63) is 29.8 Å². The van der Waals surface area contributed by atoms with E-state index in [4.69, 9.17) is 5.11 Å². The van der Waals surface area contributed by atoms with Crippen molar-refractivity contribution in [2.75, 3.05) is 22.6 Å². The number of nitrogens with zero attached hydrogens (tertiary/aromatic N) is 1. The summed E-state index contributed by atoms with van der Waals surface area (Å²) in [5.41, 5.74) is 0.669. The molecule has 1 amide bonds. The van der Waals surface area contributed by atoms with Crippen molar-refractivity contribution in [2.24, 2.45) is 0 Å². The zero-order chi connectivity index (χ0) is 15.6. The number of hydrogen-bond donors (Lipinski definition) is 2. The lowest BCUT2D eigenvalue weighted by Crippen LogP contribution is -2.41. The molecular weight excluding hydrogens is 316 g/mol. The summed E-state index contributed by atoms with van der Waals surface area (Å²) < 4.78 is 24.5. The molecule has 1 saturated heterocycles. The number of nitrogens with one attached hydrogen (secondary N) is 1. The maximum atomic E-state index is 12.3. The molecule has 0 saturated carbocycles. The number of carbonyl (C=O) groups is 2. The molecule has 0 aliphatic carbocycles. The molecule has 114 valence electrons. The Morgan fingerprint density at radius 1 is 1.33 bits per heavy atom. The highest BCUT2D eigenvalue weighted by atomic mass is 32.2. The highest BCUT2D eigenvalue weighted by molar-refractivity contribution is 7.99. The second kappa shape index (κ2) is 5.94. The van der Waals surface area contributed by atoms with Gasteiger partial charge >= 0.3 is 5.97 Å². The third-order valence-electron chi connectivity index (χ3n) is 2.86. The summed E-state index contributed by atoms with van der Waals surface area (Å²) in [4.78, 5) is 24.6. The SMILES string of the molecule is CS(=O)(=O)Nc1ccc(C(=O)N2CSCC2C(=O)O)cc1. The molecule has 2 rings (SSSR count). The van der Waals surface area contributed by atoms with Crippen molar-refractivity contribution in [1.29, 1.82) is 0 Å². The van der Waals surface area contributed by atoms with Gasteiger partial charge in [-0.1, -0.05) is 0 Å². The number of aliphatic carboxylic acids is 1. The summed E-state index contributed by atoms with van der Waals surface area (Å²) in [5, 5.41) is 9.07. The van der Waals surface area contributed by atoms with E-state index >= 15 is 0 Å². The first-order chi connectivity index (χ1) is 9.78. The summed E-state index contributed by atoms with van der Waals surface area (Å²) in [6.07, 6.45) is 1.03. The third-order valence-corrected chi connectivity index (χ3v) is 4.48. The summed E-state index contributed by atoms with van der Waals surface area (Å²) in [6.45, 7) is 0. The Balaban J connectivity index is 2.15. The summed E-state index contributed by atoms with van der Waals surface area (Å²) in [7, 11) is -3.37. The Labute approximate surface area is 126 Å². The fourth-order valence-corrected chi connectivity index (χ4v) is 3.62. The first-order valence-corrected chi connectivity index (χ1v) is 9.02. The number of carboxylic acids is 1. The van der Waals surface area contributed by atoms with Crippen LogP contribution in [0.25, 0.3) is 0 Å². The lowest BCUT2D eigenvalue weighted by molar-refractivity contribution is -0.140. The lowest BCUT2D eigenvalue weighted by atomic mass is 10.1. The highest BCUT2D eigenvalue weighted by Gasteiger charge is 2.34. The Morgan fingerprint density at radius 2 is 1.95 bits per heavy atom. The molecule has 1 fully saturated rings. The molecule has 0 spiro atoms. The number of thioether (sulfide) groups is 1. The number of rotatable bonds is 4. The van der Waals surface area contributed by atoms with E-state index in [0.29, 0.717) is 22.9 Å². The molecular formula is C12H14N2O5S2. The molecule has 0 aromatic heterocycles. The molecule has 1 aromatic rings. The molecule has 7 nitrogen and oxygen atoms in total. The van der Waals surface area contributed by atoms with Crippen molar-refractivity contribution < 1.29 is 23.1 Å². The van der Waals surface area contributed by atoms with Gasteiger partial charge in [-0.25, -0.2) is 13.2 Å². The van der Waals surface area contributed by atoms with Crippen molar-refractivity contribution in [3.63, 3.8) is 0 Å². The van der Waals surface area contributed by atoms with Gasteiger partial charge in [0, 0.05) is 17.0 Å². The lowest BCUT2D eigenvalue weighted by Gasteiger charge is -2.20. The van der Waals surface area contributed by atoms with Crippen LogP contribution in [0.15, 0.2) is 24.3 Å². The van der Waals surface area contributed by atoms with Crippen LogP contribution in [-0.2, 0) is 14.8 Å². The molecule has 1 aromatic carbocycles. The Morgan fingerprint density at radius 3 is 2.48 bits per heavy atom. The third kappa shape index (κ3) is 3.88. The van der Waals surface area contributed by atoms with E-state index in [9.17, 15) is 18.0 Å². The number of hydrogen-bond acceptors (Lipinski definition) is 5. The minimum Gasteiger partial charge on any atom is -0.480 e. The number of carboxylic acid groups (broad SMARTS) is 1. The van der Waals surface area contributed by atoms with Gasteiger partial charge in [-0.05, 0) is 24.3 Å². The molecule has 0 bridgehead atoms. The molecule has 1 aliphatic heterocycles. The smallest absolute Gasteiger partial charge is 0.327 e. The molecule has 21 heavy (non-hydrogen) atoms. The van der Waals surface area contributed by atoms with Gasteiger partial charge in [-0.3, -0.25) is 9.52 Å². The standard InChI is InChI=1S/C12H14N2O5S2/c1-21(18,19)13-9-4-2-8(3-5-9)11(15)14-7-20-6-10(14)12(16)17/h2-5,10,13H,6-7H2,1H3,(H,16,17). The molecule has 9 heteroatoms. The highest BCUT2D eigenvalue weighted by Crippen LogP contribution is 2.23. The maximum absolute atomic E-state index is 12.3. The first-order valence-electron chi connectivity index (χ1n) is 5.97. The van der Waals surface area contributed by atoms with Gasteiger partial charge in [0.05, 0.1) is 12.1 Å². The van der Waals surface area contributed by atoms with Crippen LogP contribution in [0, 0.1) is 0 Å². The van der Waals surface area contributed by atoms with Crippen LogP contribution in [0.5, 0.6) is 0 Å². The summed E-state index contributed by atoms with van der Waals surface area (Å²) in [5.74, 6) is -0.699. The zero-order valence-electron chi connectivity index (χ0n) is 11.1. The Hall–Kier alpha value is -1.74. The van der Waals surface area contributed by atoms with Crippen LogP contribution < -0.4 is 4.72 Å². The second-order valence-corrected chi connectivity index (χ2v) is 7.33. The number of anilines is 1. The quantitative estimate of drug-likeness (QED) is 0.840. The predicted molar refractivity (Wildman–Crippen MR) is 79.8 cm³/mol. The monoisotopic (exact) mass is 330 g/mol. The van der Waals surface area contributed by atoms with Crippen molar-refractivity contribution in [2.45, 2.75) is 6.04 Å². The van der Waals surface area contributed by atoms with E-state index in [0.717, 1.165) is 6.26 Å². The van der Waals surface area contributed by atoms with E-state index in [2.05, 4.69) is 4.72 Å². The van der Waals surface area contributed by atoms with Gasteiger partial charge in [0.15, 0.2) is 0 Å². The van der Waals surface area contributed by atoms with Gasteiger partial charge in [0.1, 0.15) is 6.04 Å². The average Bonchev–Trinajstić information content (AvgIpc) is 2.86. The van der Waals surface area contributed by atoms with Crippen LogP contribution in [0.1, 0.15) is 10.4 Å². The van der Waals surface area contributed by atoms with Crippen LogP contribution in [-0.4, -0.2) is 54.2 Å². The van der Waals surface area contributed by atoms with Gasteiger partial charge in [0.2, 0.25) is 10.0 Å². The first kappa shape index (κ1) is 15.6. The molecule has 1 heterocycles. The zero-order valence-corrected chi connectivity index (χ0v) is 12.8. The Bertz CT molecular complexity index is 657. The minimum atomic E-state index is -3.37. The second-order valence-electron chi connectivity index (χ2n) is 4.58. The van der Waals surface area contributed by atoms with Crippen LogP contribution in [0.3, 0.4) is 0 Å². The van der Waals surface area contributed by atoms with Gasteiger partial charge in [-0.15, -0.1) is 11.8 Å². The normalized spacial score (nSPS) is 18.5. The van der Waals surface area contributed by atoms with Crippen LogP contribution >= 0.6 is 11.8 Å². The molecule has 1 aliphatic rings. The average molecular weight is 330 g/mol. The van der Waals surface area contributed by atoms with Gasteiger partial charge in [0.25, 0.3) is 5.91 Å². The van der Waals surface area contributed by atoms with E-state index in [1.54, 1.807) is 0 Å². The number of benzene rings is 1. The summed E-state index contributed by atoms with van der Waals surface area (Å²) >= 11 is 1.39. The van der Waals surface area contributed by atoms with Gasteiger partial charge < -0.3 is 10.0 Å². The van der Waals surface area contributed by atoms with E-state index < -0.39 is 22.0 Å². The minimum absolute atomic E-state index is 0.322. The number of carbonyl (C=O) groups excluding carboxylic acids is 1. The Kier molecular flexibility index (Phi) is 4.43. The topological polar surface area (TPSA) is 104 Å². The number of sulfonamides is 1. The van der Waals surface area contributed by atoms with E-state index in [1.807, 2.05) is 0 Å². The molecule has 1 unspecified atom stereocenters. The molecule has 0 radical (unpaired) electrons. The van der Waals surface area contributed by atoms with Crippen LogP contribution in [0.4, 0.5) is 5.69 Å². The van der Waals surface area contributed by atoms with E-state index in [-0.39, 0.29) is 5.91 Å². The van der Waals surface area contributed by atoms with E-state index in [1.165, 1.54) is 40.9 Å². The van der Waals surface area contributed by atoms with Gasteiger partial charge in [-0.2, -0.15) is 0 Å². The van der Waals surface area contributed by atoms with Crippen molar-refractivity contribution in [1.82, 2.24) is 4.90 Å². The molecule has 1 atom stereocenters. The molecule has 2 N–H and O–H groups in total. The predicted octanol–water partition coefficient (Wildman–Crippen LogP) is 0.658. The fourth-order valence-electron chi connectivity index (χ4n) is 1.91. The van der Waals surface area contributed by atoms with Crippen molar-refractivity contribution in [3.8, 4) is 0 Å². The number of amides is 1. The largest absolute Gasteiger partial charge is 0.480 e. The summed E-state index contributed by atoms with van der Waals surface area (Å²) in [6, 6.07) is 5.05. The fraction of sp³-hybridized carbons (Fsp3) is 0.333. The van der Waals surface area contributed by atoms with Crippen LogP contribution in [0.2, 0.25) is 0 Å². The van der Waals surface area contributed by atoms with Crippen molar-refractivity contribution >= 4 is 39.3 Å².